The lowest BCUT2D eigenvalue weighted by Crippen LogP contribution is -2.35. The van der Waals surface area contributed by atoms with E-state index in [0.717, 1.165) is 0 Å². The lowest BCUT2D eigenvalue weighted by Gasteiger charge is -2.22. The summed E-state index contributed by atoms with van der Waals surface area (Å²) < 4.78 is 10.6. The van der Waals surface area contributed by atoms with Crippen molar-refractivity contribution >= 4 is 17.3 Å². The molecule has 0 saturated heterocycles. The van der Waals surface area contributed by atoms with Crippen LogP contribution in [-0.4, -0.2) is 22.7 Å². The number of amides is 1. The molecule has 116 valence electrons. The van der Waals surface area contributed by atoms with Crippen LogP contribution in [0.3, 0.4) is 0 Å². The summed E-state index contributed by atoms with van der Waals surface area (Å²) in [4.78, 5) is 22.8. The van der Waals surface area contributed by atoms with Crippen molar-refractivity contribution in [1.82, 2.24) is 0 Å². The van der Waals surface area contributed by atoms with Crippen LogP contribution in [0.25, 0.3) is 0 Å². The Morgan fingerprint density at radius 1 is 1.22 bits per heavy atom. The number of non-ortho nitro benzene ring substituents is 1. The fourth-order valence-corrected chi connectivity index (χ4v) is 2.87. The highest BCUT2D eigenvalue weighted by molar-refractivity contribution is 6.08. The van der Waals surface area contributed by atoms with Crippen LogP contribution in [0.1, 0.15) is 11.1 Å². The molecule has 0 aliphatic carbocycles. The maximum absolute atomic E-state index is 12.4. The Morgan fingerprint density at radius 2 is 2.04 bits per heavy atom. The van der Waals surface area contributed by atoms with Crippen LogP contribution < -0.4 is 14.8 Å². The first-order valence-corrected chi connectivity index (χ1v) is 6.73. The number of ether oxygens (including phenoxy) is 2. The Kier molecular flexibility index (Phi) is 2.61. The zero-order valence-electron chi connectivity index (χ0n) is 11.6. The molecule has 0 spiro atoms. The zero-order chi connectivity index (χ0) is 16.2. The smallest absolute Gasteiger partial charge is 0.269 e. The first-order chi connectivity index (χ1) is 11.0. The molecule has 1 atom stereocenters. The highest BCUT2D eigenvalue weighted by atomic mass is 16.7. The Morgan fingerprint density at radius 3 is 2.83 bits per heavy atom. The number of para-hydroxylation sites is 1. The van der Waals surface area contributed by atoms with Gasteiger partial charge in [0.05, 0.1) is 4.92 Å². The van der Waals surface area contributed by atoms with Crippen molar-refractivity contribution in [3.05, 3.63) is 57.6 Å². The van der Waals surface area contributed by atoms with Gasteiger partial charge in [-0.1, -0.05) is 12.1 Å². The second-order valence-corrected chi connectivity index (χ2v) is 5.19. The molecule has 0 radical (unpaired) electrons. The van der Waals surface area contributed by atoms with Gasteiger partial charge in [-0.2, -0.15) is 0 Å². The number of hydrogen-bond donors (Lipinski definition) is 2. The molecule has 2 aliphatic heterocycles. The summed E-state index contributed by atoms with van der Waals surface area (Å²) in [6, 6.07) is 8.63. The van der Waals surface area contributed by atoms with Gasteiger partial charge >= 0.3 is 0 Å². The first-order valence-electron chi connectivity index (χ1n) is 6.73. The standard InChI is InChI=1S/C15H10N2O6/c18-14-15(19,9-2-1-3-12-13(9)23-7-22-12)10-6-8(17(20)21)4-5-11(10)16-14/h1-6,19H,7H2,(H,16,18). The van der Waals surface area contributed by atoms with Gasteiger partial charge in [-0.3, -0.25) is 14.9 Å². The predicted octanol–water partition coefficient (Wildman–Crippen LogP) is 1.51. The molecule has 4 rings (SSSR count). The number of benzene rings is 2. The largest absolute Gasteiger partial charge is 0.454 e. The van der Waals surface area contributed by atoms with Gasteiger partial charge in [0.2, 0.25) is 12.4 Å². The molecule has 1 unspecified atom stereocenters. The number of fused-ring (bicyclic) bond motifs is 2. The molecule has 8 nitrogen and oxygen atoms in total. The van der Waals surface area contributed by atoms with Crippen LogP contribution in [0.2, 0.25) is 0 Å². The van der Waals surface area contributed by atoms with E-state index < -0.39 is 16.4 Å². The van der Waals surface area contributed by atoms with Gasteiger partial charge in [0, 0.05) is 28.9 Å². The maximum atomic E-state index is 12.4. The molecule has 0 saturated carbocycles. The van der Waals surface area contributed by atoms with Gasteiger partial charge < -0.3 is 19.9 Å². The molecule has 2 aromatic rings. The molecule has 0 bridgehead atoms. The molecule has 8 heteroatoms. The molecular formula is C15H10N2O6. The third-order valence-electron chi connectivity index (χ3n) is 3.97. The van der Waals surface area contributed by atoms with Crippen LogP contribution in [0.5, 0.6) is 11.5 Å². The van der Waals surface area contributed by atoms with Gasteiger partial charge in [-0.05, 0) is 12.1 Å². The summed E-state index contributed by atoms with van der Waals surface area (Å²) in [5, 5.41) is 24.6. The number of nitrogens with one attached hydrogen (secondary N) is 1. The third kappa shape index (κ3) is 1.72. The van der Waals surface area contributed by atoms with Crippen molar-refractivity contribution in [2.75, 3.05) is 12.1 Å². The number of carbonyl (C=O) groups excluding carboxylic acids is 1. The van der Waals surface area contributed by atoms with Crippen molar-refractivity contribution in [3.8, 4) is 11.5 Å². The van der Waals surface area contributed by atoms with E-state index in [0.29, 0.717) is 11.4 Å². The Bertz CT molecular complexity index is 865. The average Bonchev–Trinajstić information content (AvgIpc) is 3.11. The van der Waals surface area contributed by atoms with E-state index in [2.05, 4.69) is 5.32 Å². The number of hydrogen-bond acceptors (Lipinski definition) is 6. The van der Waals surface area contributed by atoms with Crippen LogP contribution in [0, 0.1) is 10.1 Å². The number of nitrogens with zero attached hydrogens (tertiary/aromatic N) is 1. The highest BCUT2D eigenvalue weighted by Gasteiger charge is 2.50. The number of nitro groups is 1. The van der Waals surface area contributed by atoms with Gasteiger partial charge in [-0.25, -0.2) is 0 Å². The summed E-state index contributed by atoms with van der Waals surface area (Å²) >= 11 is 0. The Hall–Kier alpha value is -3.13. The van der Waals surface area contributed by atoms with Crippen molar-refractivity contribution < 1.29 is 24.3 Å². The molecule has 0 fully saturated rings. The van der Waals surface area contributed by atoms with E-state index in [1.165, 1.54) is 24.3 Å². The average molecular weight is 314 g/mol. The highest BCUT2D eigenvalue weighted by Crippen LogP contribution is 2.48. The summed E-state index contributed by atoms with van der Waals surface area (Å²) in [7, 11) is 0. The van der Waals surface area contributed by atoms with Crippen LogP contribution in [0.15, 0.2) is 36.4 Å². The molecule has 2 aromatic carbocycles. The van der Waals surface area contributed by atoms with E-state index in [9.17, 15) is 20.0 Å². The molecule has 1 amide bonds. The molecule has 23 heavy (non-hydrogen) atoms. The van der Waals surface area contributed by atoms with Crippen LogP contribution in [0.4, 0.5) is 11.4 Å². The number of rotatable bonds is 2. The minimum atomic E-state index is -2.08. The van der Waals surface area contributed by atoms with Gasteiger partial charge in [0.1, 0.15) is 0 Å². The minimum absolute atomic E-state index is 0.0220. The van der Waals surface area contributed by atoms with Crippen molar-refractivity contribution in [1.29, 1.82) is 0 Å². The van der Waals surface area contributed by atoms with E-state index >= 15 is 0 Å². The van der Waals surface area contributed by atoms with Crippen LogP contribution >= 0.6 is 0 Å². The fourth-order valence-electron chi connectivity index (χ4n) is 2.87. The monoisotopic (exact) mass is 314 g/mol. The topological polar surface area (TPSA) is 111 Å². The van der Waals surface area contributed by atoms with Crippen LogP contribution in [-0.2, 0) is 10.4 Å². The Balaban J connectivity index is 1.96. The van der Waals surface area contributed by atoms with Gasteiger partial charge in [0.15, 0.2) is 11.5 Å². The van der Waals surface area contributed by atoms with E-state index in [-0.39, 0.29) is 29.4 Å². The second-order valence-electron chi connectivity index (χ2n) is 5.19. The third-order valence-corrected chi connectivity index (χ3v) is 3.97. The Labute approximate surface area is 129 Å². The van der Waals surface area contributed by atoms with E-state index in [1.807, 2.05) is 0 Å². The normalized spacial score (nSPS) is 21.0. The summed E-state index contributed by atoms with van der Waals surface area (Å²) in [6.07, 6.45) is 0. The molecule has 2 heterocycles. The number of carbonyl (C=O) groups is 1. The fraction of sp³-hybridized carbons (Fsp3) is 0.133. The van der Waals surface area contributed by atoms with Gasteiger partial charge in [0.25, 0.3) is 11.6 Å². The zero-order valence-corrected chi connectivity index (χ0v) is 11.6. The minimum Gasteiger partial charge on any atom is -0.454 e. The predicted molar refractivity (Wildman–Crippen MR) is 77.3 cm³/mol. The van der Waals surface area contributed by atoms with E-state index in [1.54, 1.807) is 12.1 Å². The number of nitro benzene ring substituents is 1. The maximum Gasteiger partial charge on any atom is 0.269 e. The lowest BCUT2D eigenvalue weighted by atomic mass is 9.86. The molecular weight excluding hydrogens is 304 g/mol. The molecule has 0 aromatic heterocycles. The number of aliphatic hydroxyl groups is 1. The second kappa shape index (κ2) is 4.43. The first kappa shape index (κ1) is 13.5. The van der Waals surface area contributed by atoms with Crippen molar-refractivity contribution in [2.24, 2.45) is 0 Å². The van der Waals surface area contributed by atoms with Gasteiger partial charge in [-0.15, -0.1) is 0 Å². The lowest BCUT2D eigenvalue weighted by molar-refractivity contribution is -0.385. The summed E-state index contributed by atoms with van der Waals surface area (Å²) in [5.41, 5.74) is -1.69. The quantitative estimate of drug-likeness (QED) is 0.642. The SMILES string of the molecule is O=C1Nc2ccc([N+](=O)[O-])cc2C1(O)c1cccc2c1OCO2. The van der Waals surface area contributed by atoms with Crippen molar-refractivity contribution in [2.45, 2.75) is 5.60 Å². The van der Waals surface area contributed by atoms with Crippen molar-refractivity contribution in [3.63, 3.8) is 0 Å². The summed E-state index contributed by atoms with van der Waals surface area (Å²) in [6.45, 7) is -0.0220. The molecule has 2 N–H and O–H groups in total. The van der Waals surface area contributed by atoms with E-state index in [4.69, 9.17) is 9.47 Å². The molecule has 2 aliphatic rings. The number of anilines is 1. The summed E-state index contributed by atoms with van der Waals surface area (Å²) in [5.74, 6) is -0.0380.